The number of aromatic nitrogens is 1. The van der Waals surface area contributed by atoms with Crippen molar-refractivity contribution in [3.05, 3.63) is 70.7 Å². The zero-order valence-corrected chi connectivity index (χ0v) is 13.0. The van der Waals surface area contributed by atoms with Gasteiger partial charge in [-0.25, -0.2) is 0 Å². The average Bonchev–Trinajstić information content (AvgIpc) is 2.80. The summed E-state index contributed by atoms with van der Waals surface area (Å²) in [6.45, 7) is 1.31. The lowest BCUT2D eigenvalue weighted by Gasteiger charge is -2.26. The molecule has 1 atom stereocenters. The van der Waals surface area contributed by atoms with Crippen LogP contribution in [0.2, 0.25) is 5.02 Å². The summed E-state index contributed by atoms with van der Waals surface area (Å²) >= 11 is 6.25. The number of nitrogens with zero attached hydrogens (tertiary/aromatic N) is 2. The number of ketones is 1. The smallest absolute Gasteiger partial charge is 0.294 e. The van der Waals surface area contributed by atoms with Crippen LogP contribution in [0.1, 0.15) is 18.5 Å². The Morgan fingerprint density at radius 3 is 2.61 bits per heavy atom. The molecule has 1 aromatic heterocycles. The molecule has 3 rings (SSSR count). The van der Waals surface area contributed by atoms with E-state index in [1.54, 1.807) is 42.6 Å². The van der Waals surface area contributed by atoms with Crippen LogP contribution in [0.25, 0.3) is 0 Å². The normalized spacial score (nSPS) is 17.7. The molecule has 2 aromatic rings. The highest BCUT2D eigenvalue weighted by molar-refractivity contribution is 6.31. The molecule has 0 radical (unpaired) electrons. The molecule has 1 aromatic carbocycles. The summed E-state index contributed by atoms with van der Waals surface area (Å²) in [4.78, 5) is 29.9. The van der Waals surface area contributed by atoms with E-state index in [0.717, 1.165) is 0 Å². The van der Waals surface area contributed by atoms with Crippen molar-refractivity contribution in [1.29, 1.82) is 0 Å². The van der Waals surface area contributed by atoms with Gasteiger partial charge in [0.2, 0.25) is 0 Å². The highest BCUT2D eigenvalue weighted by Crippen LogP contribution is 2.42. The molecule has 0 saturated heterocycles. The molecule has 1 aliphatic rings. The van der Waals surface area contributed by atoms with Crippen LogP contribution >= 0.6 is 11.6 Å². The van der Waals surface area contributed by atoms with Gasteiger partial charge in [0.15, 0.2) is 11.5 Å². The van der Waals surface area contributed by atoms with Crippen molar-refractivity contribution in [2.24, 2.45) is 0 Å². The van der Waals surface area contributed by atoms with E-state index in [4.69, 9.17) is 11.6 Å². The second-order valence-electron chi connectivity index (χ2n) is 5.13. The van der Waals surface area contributed by atoms with Crippen LogP contribution in [-0.4, -0.2) is 21.8 Å². The van der Waals surface area contributed by atoms with Gasteiger partial charge in [-0.15, -0.1) is 0 Å². The molecule has 2 heterocycles. The van der Waals surface area contributed by atoms with Crippen LogP contribution in [0.3, 0.4) is 0 Å². The molecule has 1 aliphatic heterocycles. The number of halogens is 1. The largest absolute Gasteiger partial charge is 0.503 e. The van der Waals surface area contributed by atoms with Crippen molar-refractivity contribution < 1.29 is 14.7 Å². The molecule has 0 spiro atoms. The van der Waals surface area contributed by atoms with Gasteiger partial charge >= 0.3 is 0 Å². The molecule has 1 unspecified atom stereocenters. The number of pyridine rings is 1. The van der Waals surface area contributed by atoms with Gasteiger partial charge in [-0.3, -0.25) is 19.5 Å². The minimum absolute atomic E-state index is 0.0342. The lowest BCUT2D eigenvalue weighted by atomic mass is 9.96. The molecule has 23 heavy (non-hydrogen) atoms. The zero-order chi connectivity index (χ0) is 16.6. The first-order chi connectivity index (χ1) is 11.0. The number of carbonyl (C=O) groups excluding carboxylic acids is 2. The molecule has 1 amide bonds. The Bertz CT molecular complexity index is 818. The van der Waals surface area contributed by atoms with Crippen LogP contribution in [-0.2, 0) is 9.59 Å². The first-order valence-electron chi connectivity index (χ1n) is 6.94. The second kappa shape index (κ2) is 5.85. The van der Waals surface area contributed by atoms with Crippen molar-refractivity contribution in [2.45, 2.75) is 13.0 Å². The number of aliphatic hydroxyl groups excluding tert-OH is 1. The fourth-order valence-corrected chi connectivity index (χ4v) is 2.96. The van der Waals surface area contributed by atoms with E-state index in [-0.39, 0.29) is 11.4 Å². The van der Waals surface area contributed by atoms with Crippen molar-refractivity contribution in [2.75, 3.05) is 4.90 Å². The molecule has 0 saturated carbocycles. The van der Waals surface area contributed by atoms with Crippen LogP contribution in [0.15, 0.2) is 60.1 Å². The van der Waals surface area contributed by atoms with Crippen LogP contribution < -0.4 is 4.90 Å². The third-order valence-electron chi connectivity index (χ3n) is 3.71. The van der Waals surface area contributed by atoms with Gasteiger partial charge in [-0.05, 0) is 30.7 Å². The van der Waals surface area contributed by atoms with Gasteiger partial charge in [0.05, 0.1) is 23.5 Å². The molecule has 116 valence electrons. The van der Waals surface area contributed by atoms with Gasteiger partial charge < -0.3 is 5.11 Å². The maximum absolute atomic E-state index is 12.5. The average molecular weight is 329 g/mol. The maximum atomic E-state index is 12.5. The molecule has 0 aliphatic carbocycles. The highest BCUT2D eigenvalue weighted by Gasteiger charge is 2.43. The minimum atomic E-state index is -0.780. The van der Waals surface area contributed by atoms with Crippen molar-refractivity contribution in [3.8, 4) is 0 Å². The predicted octanol–water partition coefficient (Wildman–Crippen LogP) is 3.22. The number of rotatable bonds is 3. The Balaban J connectivity index is 2.22. The van der Waals surface area contributed by atoms with E-state index in [2.05, 4.69) is 4.98 Å². The summed E-state index contributed by atoms with van der Waals surface area (Å²) in [5.74, 6) is -1.58. The number of hydrogen-bond acceptors (Lipinski definition) is 4. The van der Waals surface area contributed by atoms with Crippen LogP contribution in [0.5, 0.6) is 0 Å². The first-order valence-corrected chi connectivity index (χ1v) is 7.32. The molecule has 5 nitrogen and oxygen atoms in total. The Labute approximate surface area is 137 Å². The van der Waals surface area contributed by atoms with Gasteiger partial charge in [-0.2, -0.15) is 0 Å². The van der Waals surface area contributed by atoms with Crippen molar-refractivity contribution >= 4 is 29.0 Å². The first kappa shape index (κ1) is 15.2. The van der Waals surface area contributed by atoms with E-state index in [9.17, 15) is 14.7 Å². The number of aliphatic hydroxyl groups is 1. The minimum Gasteiger partial charge on any atom is -0.503 e. The molecule has 0 fully saturated rings. The Kier molecular flexibility index (Phi) is 3.88. The fraction of sp³-hybridized carbons (Fsp3) is 0.118. The number of amides is 1. The van der Waals surface area contributed by atoms with E-state index < -0.39 is 17.7 Å². The standard InChI is InChI=1S/C17H13ClN2O3/c1-10(21)14-15(12-6-2-3-7-13(12)18)20(17(23)16(14)22)11-5-4-8-19-9-11/h2-9,15,22H,1H3. The molecule has 1 N–H and O–H groups in total. The monoisotopic (exact) mass is 328 g/mol. The topological polar surface area (TPSA) is 70.5 Å². The molecule has 6 heteroatoms. The van der Waals surface area contributed by atoms with Crippen LogP contribution in [0, 0.1) is 0 Å². The van der Waals surface area contributed by atoms with Crippen molar-refractivity contribution in [1.82, 2.24) is 4.98 Å². The quantitative estimate of drug-likeness (QED) is 0.939. The number of benzene rings is 1. The number of anilines is 1. The maximum Gasteiger partial charge on any atom is 0.294 e. The summed E-state index contributed by atoms with van der Waals surface area (Å²) in [5.41, 5.74) is 1.08. The fourth-order valence-electron chi connectivity index (χ4n) is 2.72. The van der Waals surface area contributed by atoms with E-state index in [1.807, 2.05) is 0 Å². The van der Waals surface area contributed by atoms with Gasteiger partial charge in [0, 0.05) is 11.2 Å². The SMILES string of the molecule is CC(=O)C1=C(O)C(=O)N(c2cccnc2)C1c1ccccc1Cl. The zero-order valence-electron chi connectivity index (χ0n) is 12.2. The molecule has 0 bridgehead atoms. The van der Waals surface area contributed by atoms with Gasteiger partial charge in [-0.1, -0.05) is 29.8 Å². The Morgan fingerprint density at radius 2 is 2.00 bits per heavy atom. The lowest BCUT2D eigenvalue weighted by molar-refractivity contribution is -0.117. The molecular formula is C17H13ClN2O3. The van der Waals surface area contributed by atoms with E-state index >= 15 is 0 Å². The number of carbonyl (C=O) groups is 2. The third-order valence-corrected chi connectivity index (χ3v) is 4.06. The van der Waals surface area contributed by atoms with E-state index in [0.29, 0.717) is 16.3 Å². The highest BCUT2D eigenvalue weighted by atomic mass is 35.5. The predicted molar refractivity (Wildman–Crippen MR) is 86.3 cm³/mol. The second-order valence-corrected chi connectivity index (χ2v) is 5.54. The summed E-state index contributed by atoms with van der Waals surface area (Å²) < 4.78 is 0. The van der Waals surface area contributed by atoms with Crippen LogP contribution in [0.4, 0.5) is 5.69 Å². The molecular weight excluding hydrogens is 316 g/mol. The van der Waals surface area contributed by atoms with E-state index in [1.165, 1.54) is 18.0 Å². The Morgan fingerprint density at radius 1 is 1.26 bits per heavy atom. The lowest BCUT2D eigenvalue weighted by Crippen LogP contribution is -2.31. The number of hydrogen-bond donors (Lipinski definition) is 1. The van der Waals surface area contributed by atoms with Crippen molar-refractivity contribution in [3.63, 3.8) is 0 Å². The Hall–Kier alpha value is -2.66. The van der Waals surface area contributed by atoms with Gasteiger partial charge in [0.1, 0.15) is 0 Å². The third kappa shape index (κ3) is 2.49. The van der Waals surface area contributed by atoms with Gasteiger partial charge in [0.25, 0.3) is 5.91 Å². The summed E-state index contributed by atoms with van der Waals surface area (Å²) in [7, 11) is 0. The summed E-state index contributed by atoms with van der Waals surface area (Å²) in [5, 5.41) is 10.6. The summed E-state index contributed by atoms with van der Waals surface area (Å²) in [6, 6.07) is 9.51. The summed E-state index contributed by atoms with van der Waals surface area (Å²) in [6.07, 6.45) is 3.08. The number of Topliss-reactive ketones (excluding diaryl/α,β-unsaturated/α-hetero) is 1.